The van der Waals surface area contributed by atoms with Gasteiger partial charge in [-0.15, -0.1) is 24.0 Å². The van der Waals surface area contributed by atoms with E-state index < -0.39 is 0 Å². The van der Waals surface area contributed by atoms with E-state index >= 15 is 0 Å². The minimum atomic E-state index is -0.386. The van der Waals surface area contributed by atoms with Crippen molar-refractivity contribution in [1.82, 2.24) is 15.5 Å². The molecule has 26 heavy (non-hydrogen) atoms. The van der Waals surface area contributed by atoms with E-state index in [1.165, 1.54) is 39.5 Å². The second kappa shape index (κ2) is 12.2. The molecule has 0 saturated carbocycles. The average Bonchev–Trinajstić information content (AvgIpc) is 3.00. The Bertz CT molecular complexity index is 583. The fraction of sp³-hybridized carbons (Fsp3) is 0.667. The Morgan fingerprint density at radius 2 is 2.04 bits per heavy atom. The van der Waals surface area contributed by atoms with Crippen molar-refractivity contribution in [2.75, 3.05) is 39.8 Å². The van der Waals surface area contributed by atoms with E-state index in [1.807, 2.05) is 6.92 Å². The van der Waals surface area contributed by atoms with Gasteiger partial charge in [0.05, 0.1) is 7.11 Å². The maximum Gasteiger partial charge on any atom is 0.341 e. The fourth-order valence-electron chi connectivity index (χ4n) is 2.95. The smallest absolute Gasteiger partial charge is 0.341 e. The summed E-state index contributed by atoms with van der Waals surface area (Å²) in [6.45, 7) is 9.22. The van der Waals surface area contributed by atoms with Crippen molar-refractivity contribution < 1.29 is 13.9 Å². The van der Waals surface area contributed by atoms with Crippen molar-refractivity contribution in [3.63, 3.8) is 0 Å². The first kappa shape index (κ1) is 22.8. The van der Waals surface area contributed by atoms with Crippen molar-refractivity contribution in [1.29, 1.82) is 0 Å². The molecule has 0 unspecified atom stereocenters. The molecule has 2 N–H and O–H groups in total. The lowest BCUT2D eigenvalue weighted by Gasteiger charge is -2.26. The highest BCUT2D eigenvalue weighted by molar-refractivity contribution is 14.0. The van der Waals surface area contributed by atoms with Gasteiger partial charge in [0, 0.05) is 19.6 Å². The summed E-state index contributed by atoms with van der Waals surface area (Å²) in [5.41, 5.74) is 0.454. The van der Waals surface area contributed by atoms with E-state index in [0.29, 0.717) is 23.6 Å². The van der Waals surface area contributed by atoms with Gasteiger partial charge in [-0.05, 0) is 45.8 Å². The predicted molar refractivity (Wildman–Crippen MR) is 113 cm³/mol. The van der Waals surface area contributed by atoms with Crippen LogP contribution in [0.3, 0.4) is 0 Å². The Balaban J connectivity index is 0.00000338. The molecule has 1 aliphatic heterocycles. The number of aryl methyl sites for hydroxylation is 1. The third kappa shape index (κ3) is 7.14. The normalized spacial score (nSPS) is 15.3. The van der Waals surface area contributed by atoms with Crippen molar-refractivity contribution in [2.45, 2.75) is 39.7 Å². The van der Waals surface area contributed by atoms with E-state index in [4.69, 9.17) is 9.15 Å². The van der Waals surface area contributed by atoms with Crippen molar-refractivity contribution in [3.8, 4) is 0 Å². The maximum absolute atomic E-state index is 11.6. The lowest BCUT2D eigenvalue weighted by Crippen LogP contribution is -2.42. The van der Waals surface area contributed by atoms with Gasteiger partial charge in [-0.25, -0.2) is 9.79 Å². The average molecular weight is 478 g/mol. The standard InChI is InChI=1S/C18H30N4O3.HI/c1-4-19-18(20-8-11-22-9-6-5-7-10-22)21-13-15-12-16(14(2)25-15)17(23)24-3;/h12H,4-11,13H2,1-3H3,(H2,19,20,21);1H. The summed E-state index contributed by atoms with van der Waals surface area (Å²) in [6.07, 6.45) is 3.95. The molecular weight excluding hydrogens is 447 g/mol. The molecule has 0 aromatic carbocycles. The van der Waals surface area contributed by atoms with Crippen LogP contribution in [0.25, 0.3) is 0 Å². The Morgan fingerprint density at radius 1 is 1.31 bits per heavy atom. The number of carbonyl (C=O) groups excluding carboxylic acids is 1. The van der Waals surface area contributed by atoms with E-state index in [-0.39, 0.29) is 29.9 Å². The summed E-state index contributed by atoms with van der Waals surface area (Å²) >= 11 is 0. The molecule has 1 aromatic rings. The van der Waals surface area contributed by atoms with Gasteiger partial charge in [0.1, 0.15) is 23.6 Å². The highest BCUT2D eigenvalue weighted by atomic mass is 127. The van der Waals surface area contributed by atoms with Crippen LogP contribution in [0.5, 0.6) is 0 Å². The van der Waals surface area contributed by atoms with Crippen LogP contribution in [0.2, 0.25) is 0 Å². The number of rotatable bonds is 7. The second-order valence-electron chi connectivity index (χ2n) is 6.20. The topological polar surface area (TPSA) is 79.1 Å². The van der Waals surface area contributed by atoms with Crippen LogP contribution < -0.4 is 10.6 Å². The Labute approximate surface area is 173 Å². The summed E-state index contributed by atoms with van der Waals surface area (Å²) in [6, 6.07) is 1.70. The van der Waals surface area contributed by atoms with Gasteiger partial charge in [-0.2, -0.15) is 0 Å². The van der Waals surface area contributed by atoms with Crippen molar-refractivity contribution >= 4 is 35.9 Å². The van der Waals surface area contributed by atoms with Crippen LogP contribution in [0, 0.1) is 6.92 Å². The third-order valence-corrected chi connectivity index (χ3v) is 4.28. The molecule has 1 saturated heterocycles. The van der Waals surface area contributed by atoms with Gasteiger partial charge in [0.25, 0.3) is 0 Å². The molecule has 1 aromatic heterocycles. The molecule has 0 amide bonds. The summed E-state index contributed by atoms with van der Waals surface area (Å²) in [4.78, 5) is 18.7. The molecular formula is C18H31IN4O3. The number of nitrogens with one attached hydrogen (secondary N) is 2. The molecule has 0 atom stereocenters. The highest BCUT2D eigenvalue weighted by Gasteiger charge is 2.15. The number of piperidine rings is 1. The quantitative estimate of drug-likeness (QED) is 0.272. The molecule has 2 heterocycles. The van der Waals surface area contributed by atoms with Crippen molar-refractivity contribution in [2.24, 2.45) is 4.99 Å². The number of methoxy groups -OCH3 is 1. The number of furan rings is 1. The Morgan fingerprint density at radius 3 is 2.69 bits per heavy atom. The summed E-state index contributed by atoms with van der Waals surface area (Å²) in [7, 11) is 1.36. The van der Waals surface area contributed by atoms with Gasteiger partial charge in [0.2, 0.25) is 0 Å². The SMILES string of the molecule is CCNC(=NCc1cc(C(=O)OC)c(C)o1)NCCN1CCCCC1.I. The van der Waals surface area contributed by atoms with Crippen LogP contribution in [0.15, 0.2) is 15.5 Å². The number of guanidine groups is 1. The predicted octanol–water partition coefficient (Wildman–Crippen LogP) is 2.53. The van der Waals surface area contributed by atoms with E-state index in [0.717, 1.165) is 25.6 Å². The Kier molecular flexibility index (Phi) is 10.6. The van der Waals surface area contributed by atoms with Crippen LogP contribution in [-0.2, 0) is 11.3 Å². The number of carbonyl (C=O) groups is 1. The fourth-order valence-corrected chi connectivity index (χ4v) is 2.95. The first-order valence-corrected chi connectivity index (χ1v) is 9.06. The second-order valence-corrected chi connectivity index (χ2v) is 6.20. The summed E-state index contributed by atoms with van der Waals surface area (Å²) < 4.78 is 10.3. The zero-order valence-corrected chi connectivity index (χ0v) is 18.3. The first-order valence-electron chi connectivity index (χ1n) is 9.06. The van der Waals surface area contributed by atoms with Gasteiger partial charge < -0.3 is 24.7 Å². The number of likely N-dealkylation sites (tertiary alicyclic amines) is 1. The molecule has 2 rings (SSSR count). The van der Waals surface area contributed by atoms with Crippen LogP contribution in [0.1, 0.15) is 48.1 Å². The lowest BCUT2D eigenvalue weighted by molar-refractivity contribution is 0.0599. The maximum atomic E-state index is 11.6. The molecule has 148 valence electrons. The minimum Gasteiger partial charge on any atom is -0.465 e. The number of aliphatic imine (C=N–C) groups is 1. The molecule has 0 bridgehead atoms. The molecule has 1 aliphatic rings. The van der Waals surface area contributed by atoms with Crippen LogP contribution in [0.4, 0.5) is 0 Å². The largest absolute Gasteiger partial charge is 0.465 e. The zero-order chi connectivity index (χ0) is 18.1. The zero-order valence-electron chi connectivity index (χ0n) is 16.0. The number of esters is 1. The molecule has 8 heteroatoms. The first-order chi connectivity index (χ1) is 12.1. The molecule has 7 nitrogen and oxygen atoms in total. The number of ether oxygens (including phenoxy) is 1. The summed E-state index contributed by atoms with van der Waals surface area (Å²) in [5, 5.41) is 6.59. The minimum absolute atomic E-state index is 0. The molecule has 0 radical (unpaired) electrons. The van der Waals surface area contributed by atoms with E-state index in [1.54, 1.807) is 13.0 Å². The molecule has 0 spiro atoms. The van der Waals surface area contributed by atoms with E-state index in [9.17, 15) is 4.79 Å². The third-order valence-electron chi connectivity index (χ3n) is 4.28. The Hall–Kier alpha value is -1.29. The van der Waals surface area contributed by atoms with Gasteiger partial charge >= 0.3 is 5.97 Å². The van der Waals surface area contributed by atoms with Gasteiger partial charge in [-0.3, -0.25) is 0 Å². The number of hydrogen-bond donors (Lipinski definition) is 2. The van der Waals surface area contributed by atoms with E-state index in [2.05, 4.69) is 20.5 Å². The van der Waals surface area contributed by atoms with Crippen LogP contribution in [-0.4, -0.2) is 56.7 Å². The molecule has 1 fully saturated rings. The number of halogens is 1. The van der Waals surface area contributed by atoms with Gasteiger partial charge in [0.15, 0.2) is 5.96 Å². The van der Waals surface area contributed by atoms with Crippen LogP contribution >= 0.6 is 24.0 Å². The summed E-state index contributed by atoms with van der Waals surface area (Å²) in [5.74, 6) is 1.57. The highest BCUT2D eigenvalue weighted by Crippen LogP contribution is 2.16. The monoisotopic (exact) mass is 478 g/mol. The lowest BCUT2D eigenvalue weighted by atomic mass is 10.1. The number of nitrogens with zero attached hydrogens (tertiary/aromatic N) is 2. The van der Waals surface area contributed by atoms with Gasteiger partial charge in [-0.1, -0.05) is 6.42 Å². The number of hydrogen-bond acceptors (Lipinski definition) is 5. The molecule has 0 aliphatic carbocycles. The van der Waals surface area contributed by atoms with Crippen molar-refractivity contribution in [3.05, 3.63) is 23.2 Å².